The van der Waals surface area contributed by atoms with E-state index in [0.717, 1.165) is 4.90 Å². The van der Waals surface area contributed by atoms with Gasteiger partial charge in [0, 0.05) is 13.6 Å². The fraction of sp³-hybridized carbons (Fsp3) is 0.818. The number of nitrogens with zero attached hydrogens (tertiary/aromatic N) is 2. The quantitative estimate of drug-likeness (QED) is 0.196. The van der Waals surface area contributed by atoms with Gasteiger partial charge >= 0.3 is 28.5 Å². The van der Waals surface area contributed by atoms with Crippen LogP contribution < -0.4 is 10.8 Å². The highest BCUT2D eigenvalue weighted by molar-refractivity contribution is 7.81. The molecule has 1 heterocycles. The Morgan fingerprint density at radius 2 is 1.74 bits per heavy atom. The Morgan fingerprint density at radius 1 is 1.11 bits per heavy atom. The smallest absolute Gasteiger partial charge is 0.421 e. The largest absolute Gasteiger partial charge is 0.466 e. The standard InChI is InChI=1S/C22H40N4O11S/c1-9-33-18(28)22(6,7)14-35-38(31,32)37-26-15(2)10-11-16(25(8)20(26)30)17(27)24-34-13-12-23-19(29)36-21(3,4)5/h15-16H,9-14H2,1-8H3,(H,23,29)(H,24,27)/t15-,16-/m0/s1. The molecule has 4 amide bonds. The van der Waals surface area contributed by atoms with Gasteiger partial charge in [0.05, 0.1) is 31.3 Å². The van der Waals surface area contributed by atoms with Gasteiger partial charge in [0.25, 0.3) is 5.91 Å². The number of hydrogen-bond donors (Lipinski definition) is 2. The van der Waals surface area contributed by atoms with E-state index in [4.69, 9.17) is 22.8 Å². The number of hydroxylamine groups is 3. The molecule has 1 saturated heterocycles. The van der Waals surface area contributed by atoms with Gasteiger partial charge in [-0.2, -0.15) is 13.5 Å². The van der Waals surface area contributed by atoms with Gasteiger partial charge in [-0.15, -0.1) is 4.28 Å². The van der Waals surface area contributed by atoms with Crippen LogP contribution in [0.2, 0.25) is 0 Å². The molecule has 0 aromatic heterocycles. The SMILES string of the molecule is CCOC(=O)C(C)(C)COS(=O)(=O)ON1C(=O)N(C)[C@H](C(=O)NOCCNC(=O)OC(C)(C)C)CC[C@@H]1C. The molecule has 0 saturated carbocycles. The van der Waals surface area contributed by atoms with Crippen molar-refractivity contribution in [1.29, 1.82) is 0 Å². The van der Waals surface area contributed by atoms with Gasteiger partial charge in [0.1, 0.15) is 11.6 Å². The van der Waals surface area contributed by atoms with E-state index in [1.807, 2.05) is 0 Å². The number of carbonyl (C=O) groups excluding carboxylic acids is 4. The van der Waals surface area contributed by atoms with Crippen LogP contribution in [0.1, 0.15) is 61.3 Å². The summed E-state index contributed by atoms with van der Waals surface area (Å²) in [5.74, 6) is -1.31. The normalized spacial score (nSPS) is 19.0. The Hall–Kier alpha value is -2.69. The van der Waals surface area contributed by atoms with Crippen LogP contribution in [-0.2, 0) is 42.8 Å². The van der Waals surface area contributed by atoms with E-state index >= 15 is 0 Å². The Labute approximate surface area is 223 Å². The monoisotopic (exact) mass is 568 g/mol. The van der Waals surface area contributed by atoms with Crippen molar-refractivity contribution in [2.24, 2.45) is 5.41 Å². The molecule has 0 unspecified atom stereocenters. The molecule has 0 aromatic rings. The molecular formula is C22H40N4O11S. The Balaban J connectivity index is 2.67. The van der Waals surface area contributed by atoms with Crippen LogP contribution in [0.5, 0.6) is 0 Å². The molecule has 0 aromatic carbocycles. The lowest BCUT2D eigenvalue weighted by Crippen LogP contribution is -2.51. The van der Waals surface area contributed by atoms with Crippen LogP contribution >= 0.6 is 0 Å². The van der Waals surface area contributed by atoms with Crippen molar-refractivity contribution in [1.82, 2.24) is 20.8 Å². The fourth-order valence-corrected chi connectivity index (χ4v) is 3.92. The van der Waals surface area contributed by atoms with Crippen molar-refractivity contribution in [2.75, 3.05) is 33.4 Å². The highest BCUT2D eigenvalue weighted by Gasteiger charge is 2.40. The van der Waals surface area contributed by atoms with E-state index in [9.17, 15) is 27.6 Å². The molecule has 0 bridgehead atoms. The molecule has 2 N–H and O–H groups in total. The Bertz CT molecular complexity index is 949. The van der Waals surface area contributed by atoms with E-state index in [0.29, 0.717) is 5.06 Å². The number of carbonyl (C=O) groups is 4. The molecule has 0 radical (unpaired) electrons. The first-order valence-corrected chi connectivity index (χ1v) is 13.4. The fourth-order valence-electron chi connectivity index (χ4n) is 3.03. The summed E-state index contributed by atoms with van der Waals surface area (Å²) in [6.45, 7) is 10.7. The van der Waals surface area contributed by atoms with Gasteiger partial charge in [-0.3, -0.25) is 14.4 Å². The number of amides is 4. The van der Waals surface area contributed by atoms with Crippen LogP contribution in [-0.4, -0.2) is 93.5 Å². The number of nitrogens with one attached hydrogen (secondary N) is 2. The molecule has 1 fully saturated rings. The minimum absolute atomic E-state index is 0.0537. The maximum absolute atomic E-state index is 13.0. The van der Waals surface area contributed by atoms with Gasteiger partial charge in [0.2, 0.25) is 0 Å². The molecular weight excluding hydrogens is 528 g/mol. The summed E-state index contributed by atoms with van der Waals surface area (Å²) >= 11 is 0. The molecule has 0 spiro atoms. The van der Waals surface area contributed by atoms with Crippen molar-refractivity contribution in [3.05, 3.63) is 0 Å². The lowest BCUT2D eigenvalue weighted by atomic mass is 9.95. The molecule has 38 heavy (non-hydrogen) atoms. The lowest BCUT2D eigenvalue weighted by Gasteiger charge is -2.29. The van der Waals surface area contributed by atoms with E-state index in [-0.39, 0.29) is 32.6 Å². The van der Waals surface area contributed by atoms with Gasteiger partial charge in [-0.25, -0.2) is 19.3 Å². The molecule has 15 nitrogen and oxygen atoms in total. The van der Waals surface area contributed by atoms with Crippen LogP contribution in [0.3, 0.4) is 0 Å². The second kappa shape index (κ2) is 13.9. The van der Waals surface area contributed by atoms with Crippen molar-refractivity contribution >= 4 is 34.4 Å². The highest BCUT2D eigenvalue weighted by Crippen LogP contribution is 2.24. The van der Waals surface area contributed by atoms with Crippen molar-refractivity contribution in [2.45, 2.75) is 79.0 Å². The summed E-state index contributed by atoms with van der Waals surface area (Å²) in [6.07, 6.45) is -0.261. The van der Waals surface area contributed by atoms with Crippen LogP contribution in [0.25, 0.3) is 0 Å². The summed E-state index contributed by atoms with van der Waals surface area (Å²) < 4.78 is 44.6. The Kier molecular flexibility index (Phi) is 12.2. The van der Waals surface area contributed by atoms with E-state index in [1.54, 1.807) is 34.6 Å². The van der Waals surface area contributed by atoms with Crippen molar-refractivity contribution < 1.29 is 50.4 Å². The number of esters is 1. The number of ether oxygens (including phenoxy) is 2. The second-order valence-electron chi connectivity index (χ2n) is 10.3. The zero-order chi connectivity index (χ0) is 29.3. The summed E-state index contributed by atoms with van der Waals surface area (Å²) in [6, 6.07) is -2.64. The number of likely N-dealkylation sites (N-methyl/N-ethyl adjacent to an activating group) is 1. The van der Waals surface area contributed by atoms with Crippen molar-refractivity contribution in [3.63, 3.8) is 0 Å². The van der Waals surface area contributed by atoms with E-state index in [2.05, 4.69) is 10.8 Å². The van der Waals surface area contributed by atoms with E-state index in [1.165, 1.54) is 20.9 Å². The first-order valence-electron chi connectivity index (χ1n) is 12.1. The summed E-state index contributed by atoms with van der Waals surface area (Å²) in [7, 11) is -3.44. The number of alkyl carbamates (subject to hydrolysis) is 1. The minimum atomic E-state index is -4.74. The van der Waals surface area contributed by atoms with Gasteiger partial charge in [-0.05, 0) is 61.3 Å². The number of rotatable bonds is 12. The molecule has 0 aliphatic carbocycles. The number of urea groups is 1. The van der Waals surface area contributed by atoms with Crippen LogP contribution in [0, 0.1) is 5.41 Å². The van der Waals surface area contributed by atoms with Crippen LogP contribution in [0.4, 0.5) is 9.59 Å². The maximum atomic E-state index is 13.0. The molecule has 16 heteroatoms. The third kappa shape index (κ3) is 11.0. The maximum Gasteiger partial charge on any atom is 0.421 e. The molecule has 220 valence electrons. The lowest BCUT2D eigenvalue weighted by molar-refractivity contribution is -0.155. The van der Waals surface area contributed by atoms with E-state index < -0.39 is 64.1 Å². The molecule has 1 aliphatic rings. The second-order valence-corrected chi connectivity index (χ2v) is 11.5. The summed E-state index contributed by atoms with van der Waals surface area (Å²) in [4.78, 5) is 55.3. The van der Waals surface area contributed by atoms with Crippen LogP contribution in [0.15, 0.2) is 0 Å². The van der Waals surface area contributed by atoms with Gasteiger partial charge < -0.3 is 19.7 Å². The zero-order valence-corrected chi connectivity index (χ0v) is 24.0. The third-order valence-electron chi connectivity index (χ3n) is 5.13. The Morgan fingerprint density at radius 3 is 2.32 bits per heavy atom. The summed E-state index contributed by atoms with van der Waals surface area (Å²) in [5.41, 5.74) is 0.272. The van der Waals surface area contributed by atoms with Gasteiger partial charge in [-0.1, -0.05) is 0 Å². The predicted molar refractivity (Wildman–Crippen MR) is 132 cm³/mol. The van der Waals surface area contributed by atoms with Crippen molar-refractivity contribution in [3.8, 4) is 0 Å². The zero-order valence-electron chi connectivity index (χ0n) is 23.2. The predicted octanol–water partition coefficient (Wildman–Crippen LogP) is 1.25. The number of hydrogen-bond acceptors (Lipinski definition) is 11. The minimum Gasteiger partial charge on any atom is -0.466 e. The average Bonchev–Trinajstić information content (AvgIpc) is 2.88. The van der Waals surface area contributed by atoms with Gasteiger partial charge in [0.15, 0.2) is 0 Å². The first kappa shape index (κ1) is 33.3. The topological polar surface area (TPSA) is 179 Å². The molecule has 1 rings (SSSR count). The molecule has 2 atom stereocenters. The molecule has 1 aliphatic heterocycles. The highest BCUT2D eigenvalue weighted by atomic mass is 32.3. The third-order valence-corrected chi connectivity index (χ3v) is 5.88. The summed E-state index contributed by atoms with van der Waals surface area (Å²) in [5, 5.41) is 3.07. The average molecular weight is 569 g/mol. The first-order chi connectivity index (χ1) is 17.4.